The number of benzene rings is 1. The maximum absolute atomic E-state index is 5.70. The molecule has 0 N–H and O–H groups in total. The summed E-state index contributed by atoms with van der Waals surface area (Å²) in [6.07, 6.45) is 15.0. The average molecular weight is 226 g/mol. The Balaban J connectivity index is 2.91. The number of hydrogen-bond acceptors (Lipinski definition) is 0. The second kappa shape index (κ2) is 6.21. The molecule has 1 heteroatoms. The molecule has 0 aliphatic heterocycles. The van der Waals surface area contributed by atoms with E-state index in [1.807, 2.05) is 18.2 Å². The summed E-state index contributed by atoms with van der Waals surface area (Å²) in [4.78, 5) is 0. The first kappa shape index (κ1) is 12.6. The Morgan fingerprint density at radius 1 is 1.06 bits per heavy atom. The first-order valence-corrected chi connectivity index (χ1v) is 8.01. The van der Waals surface area contributed by atoms with Gasteiger partial charge in [0.15, 0.2) is 0 Å². The number of hydrogen-bond donors (Lipinski definition) is 0. The average Bonchev–Trinajstić information content (AvgIpc) is 2.36. The molecular weight excluding hydrogens is 208 g/mol. The zero-order valence-electron chi connectivity index (χ0n) is 9.87. The van der Waals surface area contributed by atoms with Gasteiger partial charge in [0.1, 0.15) is 0 Å². The Morgan fingerprint density at radius 3 is 2.19 bits per heavy atom. The highest BCUT2D eigenvalue weighted by atomic mass is 28.3. The van der Waals surface area contributed by atoms with E-state index in [0.29, 0.717) is 0 Å². The van der Waals surface area contributed by atoms with Crippen LogP contribution in [-0.4, -0.2) is 8.07 Å². The number of unbranched alkanes of at least 4 members (excludes halogenated alkanes) is 2. The summed E-state index contributed by atoms with van der Waals surface area (Å²) in [5, 5.41) is 1.20. The lowest BCUT2D eigenvalue weighted by Gasteiger charge is -2.19. The molecule has 0 saturated carbocycles. The highest BCUT2D eigenvalue weighted by Gasteiger charge is 2.30. The van der Waals surface area contributed by atoms with E-state index in [9.17, 15) is 0 Å². The van der Waals surface area contributed by atoms with Crippen LogP contribution in [-0.2, 0) is 0 Å². The second-order valence-corrected chi connectivity index (χ2v) is 7.48. The fourth-order valence-corrected chi connectivity index (χ4v) is 4.40. The van der Waals surface area contributed by atoms with Crippen molar-refractivity contribution in [2.24, 2.45) is 0 Å². The molecule has 1 aromatic carbocycles. The van der Waals surface area contributed by atoms with Crippen LogP contribution >= 0.6 is 0 Å². The first-order chi connectivity index (χ1) is 7.79. The standard InChI is InChI=1S/C15H18Si/c1-4-7-11-14-16(5-2,6-3)15-12-9-8-10-13-15/h2-3,8-10,12-13H,4,7,11,14H2,1H3. The molecule has 82 valence electrons. The van der Waals surface area contributed by atoms with Gasteiger partial charge in [0.2, 0.25) is 8.07 Å². The Kier molecular flexibility index (Phi) is 4.90. The van der Waals surface area contributed by atoms with Crippen molar-refractivity contribution in [1.82, 2.24) is 0 Å². The molecule has 0 aliphatic carbocycles. The minimum atomic E-state index is -2.10. The van der Waals surface area contributed by atoms with Crippen molar-refractivity contribution in [1.29, 1.82) is 0 Å². The Hall–Kier alpha value is -1.44. The van der Waals surface area contributed by atoms with Crippen molar-refractivity contribution in [3.8, 4) is 23.9 Å². The van der Waals surface area contributed by atoms with E-state index in [-0.39, 0.29) is 0 Å². The minimum Gasteiger partial charge on any atom is -0.126 e. The molecule has 16 heavy (non-hydrogen) atoms. The summed E-state index contributed by atoms with van der Waals surface area (Å²) >= 11 is 0. The number of rotatable bonds is 5. The van der Waals surface area contributed by atoms with Crippen LogP contribution in [0.15, 0.2) is 30.3 Å². The third-order valence-electron chi connectivity index (χ3n) is 2.91. The lowest BCUT2D eigenvalue weighted by molar-refractivity contribution is 0.766. The van der Waals surface area contributed by atoms with E-state index in [1.54, 1.807) is 0 Å². The molecule has 0 atom stereocenters. The van der Waals surface area contributed by atoms with Gasteiger partial charge in [0, 0.05) is 0 Å². The van der Waals surface area contributed by atoms with E-state index in [0.717, 1.165) is 12.5 Å². The fraction of sp³-hybridized carbons (Fsp3) is 0.333. The van der Waals surface area contributed by atoms with Gasteiger partial charge < -0.3 is 0 Å². The van der Waals surface area contributed by atoms with E-state index < -0.39 is 8.07 Å². The lowest BCUT2D eigenvalue weighted by Crippen LogP contribution is -2.45. The molecule has 0 fully saturated rings. The molecule has 0 aliphatic rings. The Labute approximate surface area is 100 Å². The smallest absolute Gasteiger partial charge is 0.126 e. The SMILES string of the molecule is C#C[Si](C#C)(CCCCC)c1ccccc1. The molecule has 0 saturated heterocycles. The Bertz CT molecular complexity index is 378. The summed E-state index contributed by atoms with van der Waals surface area (Å²) in [6.45, 7) is 2.19. The summed E-state index contributed by atoms with van der Waals surface area (Å²) in [5.41, 5.74) is 5.89. The van der Waals surface area contributed by atoms with Gasteiger partial charge in [-0.05, 0) is 11.2 Å². The second-order valence-electron chi connectivity index (χ2n) is 4.02. The van der Waals surface area contributed by atoms with Gasteiger partial charge in [-0.25, -0.2) is 0 Å². The van der Waals surface area contributed by atoms with Crippen LogP contribution in [0.25, 0.3) is 0 Å². The summed E-state index contributed by atoms with van der Waals surface area (Å²) in [6, 6.07) is 11.2. The quantitative estimate of drug-likeness (QED) is 0.411. The molecular formula is C15H18Si. The van der Waals surface area contributed by atoms with Crippen LogP contribution in [0.3, 0.4) is 0 Å². The highest BCUT2D eigenvalue weighted by molar-refractivity contribution is 7.04. The predicted octanol–water partition coefficient (Wildman–Crippen LogP) is 2.88. The normalized spacial score (nSPS) is 10.4. The fourth-order valence-electron chi connectivity index (χ4n) is 1.86. The molecule has 0 spiro atoms. The van der Waals surface area contributed by atoms with Gasteiger partial charge in [-0.3, -0.25) is 0 Å². The zero-order valence-corrected chi connectivity index (χ0v) is 10.9. The van der Waals surface area contributed by atoms with Gasteiger partial charge in [-0.1, -0.05) is 56.5 Å². The van der Waals surface area contributed by atoms with Crippen LogP contribution in [0.4, 0.5) is 0 Å². The molecule has 0 amide bonds. The van der Waals surface area contributed by atoms with Gasteiger partial charge in [0.05, 0.1) is 0 Å². The molecule has 1 aromatic rings. The van der Waals surface area contributed by atoms with Crippen molar-refractivity contribution in [3.63, 3.8) is 0 Å². The lowest BCUT2D eigenvalue weighted by atomic mass is 10.3. The van der Waals surface area contributed by atoms with Crippen molar-refractivity contribution in [2.75, 3.05) is 0 Å². The van der Waals surface area contributed by atoms with Crippen LogP contribution in [0.5, 0.6) is 0 Å². The molecule has 0 heterocycles. The molecule has 0 bridgehead atoms. The monoisotopic (exact) mass is 226 g/mol. The van der Waals surface area contributed by atoms with E-state index in [4.69, 9.17) is 12.8 Å². The summed E-state index contributed by atoms with van der Waals surface area (Å²) < 4.78 is 0. The molecule has 0 nitrogen and oxygen atoms in total. The van der Waals surface area contributed by atoms with E-state index in [1.165, 1.54) is 18.0 Å². The highest BCUT2D eigenvalue weighted by Crippen LogP contribution is 2.13. The van der Waals surface area contributed by atoms with Crippen LogP contribution in [0.1, 0.15) is 26.2 Å². The van der Waals surface area contributed by atoms with E-state index >= 15 is 0 Å². The van der Waals surface area contributed by atoms with Crippen molar-refractivity contribution < 1.29 is 0 Å². The molecule has 0 radical (unpaired) electrons. The summed E-state index contributed by atoms with van der Waals surface area (Å²) in [5.74, 6) is 0. The maximum Gasteiger partial charge on any atom is 0.245 e. The Morgan fingerprint density at radius 2 is 1.69 bits per heavy atom. The minimum absolute atomic E-state index is 1.01. The topological polar surface area (TPSA) is 0 Å². The van der Waals surface area contributed by atoms with Gasteiger partial charge in [0.25, 0.3) is 0 Å². The third-order valence-corrected chi connectivity index (χ3v) is 6.32. The summed E-state index contributed by atoms with van der Waals surface area (Å²) in [7, 11) is -2.10. The van der Waals surface area contributed by atoms with Crippen molar-refractivity contribution in [3.05, 3.63) is 30.3 Å². The van der Waals surface area contributed by atoms with Gasteiger partial charge in [-0.15, -0.1) is 23.9 Å². The van der Waals surface area contributed by atoms with Crippen LogP contribution in [0, 0.1) is 23.9 Å². The first-order valence-electron chi connectivity index (χ1n) is 5.80. The third kappa shape index (κ3) is 2.78. The largest absolute Gasteiger partial charge is 0.245 e. The predicted molar refractivity (Wildman–Crippen MR) is 73.8 cm³/mol. The van der Waals surface area contributed by atoms with E-state index in [2.05, 4.69) is 30.1 Å². The molecule has 1 rings (SSSR count). The van der Waals surface area contributed by atoms with Crippen molar-refractivity contribution in [2.45, 2.75) is 32.2 Å². The van der Waals surface area contributed by atoms with Crippen LogP contribution < -0.4 is 5.19 Å². The molecule has 0 aromatic heterocycles. The van der Waals surface area contributed by atoms with Crippen LogP contribution in [0.2, 0.25) is 6.04 Å². The van der Waals surface area contributed by atoms with Gasteiger partial charge >= 0.3 is 0 Å². The number of terminal acetylenes is 2. The molecule has 0 unspecified atom stereocenters. The maximum atomic E-state index is 5.70. The zero-order chi connectivity index (χ0) is 11.9. The van der Waals surface area contributed by atoms with Crippen molar-refractivity contribution >= 4 is 13.3 Å². The van der Waals surface area contributed by atoms with Gasteiger partial charge in [-0.2, -0.15) is 0 Å².